The van der Waals surface area contributed by atoms with Gasteiger partial charge in [0.2, 0.25) is 5.91 Å². The molecule has 0 bridgehead atoms. The van der Waals surface area contributed by atoms with E-state index >= 15 is 0 Å². The van der Waals surface area contributed by atoms with E-state index in [4.69, 9.17) is 4.74 Å². The first-order valence-electron chi connectivity index (χ1n) is 7.44. The Kier molecular flexibility index (Phi) is 5.51. The lowest BCUT2D eigenvalue weighted by molar-refractivity contribution is -0.115. The Morgan fingerprint density at radius 1 is 1.18 bits per heavy atom. The predicted molar refractivity (Wildman–Crippen MR) is 81.8 cm³/mol. The number of carbonyl (C=O) groups excluding carboxylic acids is 2. The Hall–Kier alpha value is -2.38. The van der Waals surface area contributed by atoms with Gasteiger partial charge in [0.15, 0.2) is 11.6 Å². The number of nitrogens with zero attached hydrogens (tertiary/aromatic N) is 4. The second kappa shape index (κ2) is 7.58. The molecule has 0 radical (unpaired) electrons. The highest BCUT2D eigenvalue weighted by Crippen LogP contribution is 2.14. The van der Waals surface area contributed by atoms with Crippen LogP contribution in [0.4, 0.5) is 16.4 Å². The van der Waals surface area contributed by atoms with E-state index in [1.807, 2.05) is 11.0 Å². The molecule has 1 aliphatic rings. The molecule has 0 saturated carbocycles. The van der Waals surface area contributed by atoms with Gasteiger partial charge in [-0.25, -0.2) is 4.79 Å². The van der Waals surface area contributed by atoms with Crippen LogP contribution in [0.3, 0.4) is 0 Å². The summed E-state index contributed by atoms with van der Waals surface area (Å²) in [4.78, 5) is 26.7. The minimum atomic E-state index is -0.272. The molecule has 0 unspecified atom stereocenters. The first kappa shape index (κ1) is 16.0. The number of carbonyl (C=O) groups is 2. The molecule has 8 nitrogen and oxygen atoms in total. The zero-order valence-electron chi connectivity index (χ0n) is 12.9. The molecular formula is C14H21N5O3. The second-order valence-corrected chi connectivity index (χ2v) is 4.85. The number of aromatic nitrogens is 2. The molecule has 1 fully saturated rings. The summed E-state index contributed by atoms with van der Waals surface area (Å²) in [5, 5.41) is 10.8. The normalized spacial score (nSPS) is 14.6. The first-order valence-corrected chi connectivity index (χ1v) is 7.44. The van der Waals surface area contributed by atoms with Crippen molar-refractivity contribution in [1.29, 1.82) is 0 Å². The van der Waals surface area contributed by atoms with E-state index < -0.39 is 0 Å². The summed E-state index contributed by atoms with van der Waals surface area (Å²) in [6, 6.07) is 3.55. The van der Waals surface area contributed by atoms with Crippen molar-refractivity contribution in [1.82, 2.24) is 15.1 Å². The Morgan fingerprint density at radius 3 is 2.45 bits per heavy atom. The van der Waals surface area contributed by atoms with E-state index in [1.54, 1.807) is 24.8 Å². The van der Waals surface area contributed by atoms with Crippen LogP contribution < -0.4 is 10.2 Å². The van der Waals surface area contributed by atoms with E-state index in [0.29, 0.717) is 45.0 Å². The van der Waals surface area contributed by atoms with E-state index in [1.165, 1.54) is 0 Å². The topological polar surface area (TPSA) is 87.7 Å². The van der Waals surface area contributed by atoms with Gasteiger partial charge < -0.3 is 19.9 Å². The van der Waals surface area contributed by atoms with Gasteiger partial charge in [-0.05, 0) is 19.1 Å². The monoisotopic (exact) mass is 307 g/mol. The molecular weight excluding hydrogens is 286 g/mol. The van der Waals surface area contributed by atoms with Crippen molar-refractivity contribution >= 4 is 23.6 Å². The van der Waals surface area contributed by atoms with Crippen LogP contribution in [0.1, 0.15) is 20.3 Å². The smallest absolute Gasteiger partial charge is 0.409 e. The van der Waals surface area contributed by atoms with Crippen molar-refractivity contribution < 1.29 is 14.3 Å². The highest BCUT2D eigenvalue weighted by molar-refractivity contribution is 5.89. The molecule has 0 aliphatic carbocycles. The fourth-order valence-corrected chi connectivity index (χ4v) is 2.12. The van der Waals surface area contributed by atoms with E-state index in [-0.39, 0.29) is 12.0 Å². The van der Waals surface area contributed by atoms with Gasteiger partial charge in [0.1, 0.15) is 0 Å². The van der Waals surface area contributed by atoms with Crippen LogP contribution in [0, 0.1) is 0 Å². The van der Waals surface area contributed by atoms with Crippen LogP contribution in [0.2, 0.25) is 0 Å². The van der Waals surface area contributed by atoms with Crippen LogP contribution >= 0.6 is 0 Å². The number of ether oxygens (including phenoxy) is 1. The maximum atomic E-state index is 11.6. The summed E-state index contributed by atoms with van der Waals surface area (Å²) in [6.07, 6.45) is 0.130. The maximum Gasteiger partial charge on any atom is 0.409 e. The summed E-state index contributed by atoms with van der Waals surface area (Å²) in [5.41, 5.74) is 0. The van der Waals surface area contributed by atoms with Gasteiger partial charge in [0.25, 0.3) is 0 Å². The number of anilines is 2. The Morgan fingerprint density at radius 2 is 1.91 bits per heavy atom. The highest BCUT2D eigenvalue weighted by atomic mass is 16.6. The molecule has 1 saturated heterocycles. The van der Waals surface area contributed by atoms with Crippen molar-refractivity contribution in [3.05, 3.63) is 12.1 Å². The molecule has 1 aromatic heterocycles. The number of piperazine rings is 1. The highest BCUT2D eigenvalue weighted by Gasteiger charge is 2.22. The van der Waals surface area contributed by atoms with E-state index in [0.717, 1.165) is 5.82 Å². The lowest BCUT2D eigenvalue weighted by atomic mass is 10.3. The quantitative estimate of drug-likeness (QED) is 0.896. The minimum Gasteiger partial charge on any atom is -0.450 e. The first-order chi connectivity index (χ1) is 10.6. The third kappa shape index (κ3) is 4.06. The van der Waals surface area contributed by atoms with Crippen LogP contribution in [0.15, 0.2) is 12.1 Å². The van der Waals surface area contributed by atoms with Gasteiger partial charge in [-0.3, -0.25) is 4.79 Å². The standard InChI is InChI=1S/C14H21N5O3/c1-3-13(20)15-11-5-6-12(17-16-11)18-7-9-19(10-8-18)14(21)22-4-2/h5-6H,3-4,7-10H2,1-2H3,(H,15,16,20). The van der Waals surface area contributed by atoms with Crippen LogP contribution in [-0.4, -0.2) is 59.9 Å². The number of hydrogen-bond acceptors (Lipinski definition) is 6. The van der Waals surface area contributed by atoms with Crippen LogP contribution in [0.5, 0.6) is 0 Å². The zero-order valence-corrected chi connectivity index (χ0v) is 12.9. The number of hydrogen-bond donors (Lipinski definition) is 1. The van der Waals surface area contributed by atoms with Gasteiger partial charge in [-0.2, -0.15) is 0 Å². The second-order valence-electron chi connectivity index (χ2n) is 4.85. The molecule has 0 atom stereocenters. The summed E-state index contributed by atoms with van der Waals surface area (Å²) in [7, 11) is 0. The maximum absolute atomic E-state index is 11.6. The number of nitrogens with one attached hydrogen (secondary N) is 1. The molecule has 22 heavy (non-hydrogen) atoms. The van der Waals surface area contributed by atoms with E-state index in [9.17, 15) is 9.59 Å². The lowest BCUT2D eigenvalue weighted by Gasteiger charge is -2.34. The summed E-state index contributed by atoms with van der Waals surface area (Å²) >= 11 is 0. The van der Waals surface area contributed by atoms with Gasteiger partial charge in [0.05, 0.1) is 6.61 Å². The van der Waals surface area contributed by atoms with Crippen molar-refractivity contribution in [3.63, 3.8) is 0 Å². The molecule has 1 N–H and O–H groups in total. The molecule has 8 heteroatoms. The molecule has 0 spiro atoms. The molecule has 2 heterocycles. The SMILES string of the molecule is CCOC(=O)N1CCN(c2ccc(NC(=O)CC)nn2)CC1. The third-order valence-electron chi connectivity index (χ3n) is 3.37. The van der Waals surface area contributed by atoms with Crippen molar-refractivity contribution in [2.75, 3.05) is 43.0 Å². The van der Waals surface area contributed by atoms with Gasteiger partial charge >= 0.3 is 6.09 Å². The molecule has 1 aliphatic heterocycles. The zero-order chi connectivity index (χ0) is 15.9. The fraction of sp³-hybridized carbons (Fsp3) is 0.571. The Bertz CT molecular complexity index is 512. The predicted octanol–water partition coefficient (Wildman–Crippen LogP) is 1.10. The Balaban J connectivity index is 1.88. The molecule has 0 aromatic carbocycles. The van der Waals surface area contributed by atoms with Crippen molar-refractivity contribution in [2.45, 2.75) is 20.3 Å². The summed E-state index contributed by atoms with van der Waals surface area (Å²) < 4.78 is 4.99. The molecule has 120 valence electrons. The van der Waals surface area contributed by atoms with E-state index in [2.05, 4.69) is 15.5 Å². The molecule has 2 amide bonds. The number of rotatable bonds is 4. The fourth-order valence-electron chi connectivity index (χ4n) is 2.12. The molecule has 2 rings (SSSR count). The average Bonchev–Trinajstić information content (AvgIpc) is 2.56. The van der Waals surface area contributed by atoms with Crippen LogP contribution in [-0.2, 0) is 9.53 Å². The Labute approximate surface area is 129 Å². The number of amides is 2. The van der Waals surface area contributed by atoms with Gasteiger partial charge in [0, 0.05) is 32.6 Å². The summed E-state index contributed by atoms with van der Waals surface area (Å²) in [6.45, 7) is 6.49. The molecule has 1 aromatic rings. The van der Waals surface area contributed by atoms with Gasteiger partial charge in [-0.1, -0.05) is 6.92 Å². The van der Waals surface area contributed by atoms with Crippen LogP contribution in [0.25, 0.3) is 0 Å². The minimum absolute atomic E-state index is 0.0925. The third-order valence-corrected chi connectivity index (χ3v) is 3.37. The lowest BCUT2D eigenvalue weighted by Crippen LogP contribution is -2.49. The summed E-state index contributed by atoms with van der Waals surface area (Å²) in [5.74, 6) is 1.09. The largest absolute Gasteiger partial charge is 0.450 e. The average molecular weight is 307 g/mol. The van der Waals surface area contributed by atoms with Gasteiger partial charge in [-0.15, -0.1) is 10.2 Å². The van der Waals surface area contributed by atoms with Crippen molar-refractivity contribution in [3.8, 4) is 0 Å². The van der Waals surface area contributed by atoms with Crippen molar-refractivity contribution in [2.24, 2.45) is 0 Å².